The monoisotopic (exact) mass is 84.0 g/mol. The van der Waals surface area contributed by atoms with Crippen LogP contribution in [-0.2, 0) is 0 Å². The molecular weight excluding hydrogens is 75.5 g/mol. The predicted molar refractivity (Wildman–Crippen MR) is 21.8 cm³/mol. The second-order valence-corrected chi connectivity index (χ2v) is 0. The van der Waals surface area contributed by atoms with Crippen molar-refractivity contribution in [3.05, 3.63) is 0 Å². The molecule has 0 unspecified atom stereocenters. The van der Waals surface area contributed by atoms with Crippen molar-refractivity contribution < 1.29 is 0 Å². The molecule has 0 aromatic rings. The summed E-state index contributed by atoms with van der Waals surface area (Å²) in [5.74, 6) is 0. The van der Waals surface area contributed by atoms with E-state index in [4.69, 9.17) is 0 Å². The zero-order chi connectivity index (χ0) is 2.00. The van der Waals surface area contributed by atoms with Gasteiger partial charge < -0.3 is 12.3 Å². The van der Waals surface area contributed by atoms with Gasteiger partial charge in [-0.25, -0.2) is 0 Å². The Kier molecular flexibility index (Phi) is 2630. The summed E-state index contributed by atoms with van der Waals surface area (Å²) in [6, 6.07) is 0. The molecule has 3 heteroatoms. The van der Waals surface area contributed by atoms with Gasteiger partial charge in [-0.1, -0.05) is 0 Å². The van der Waals surface area contributed by atoms with Crippen molar-refractivity contribution in [2.24, 2.45) is 0 Å². The Bertz CT molecular complexity index is 6.00. The Balaban J connectivity index is -0.00000000500. The summed E-state index contributed by atoms with van der Waals surface area (Å²) >= 11 is 4.64. The largest absolute Gasteiger partial charge is 0.344 e. The zero-order valence-electron chi connectivity index (χ0n) is 2.79. The van der Waals surface area contributed by atoms with E-state index < -0.39 is 0 Å². The van der Waals surface area contributed by atoms with Crippen molar-refractivity contribution >= 4 is 11.6 Å². The van der Waals surface area contributed by atoms with Crippen molar-refractivity contribution in [3.8, 4) is 0 Å². The van der Waals surface area contributed by atoms with E-state index in [0.717, 1.165) is 0 Å². The molecule has 0 amide bonds. The fourth-order valence-corrected chi connectivity index (χ4v) is 0. The van der Waals surface area contributed by atoms with Crippen LogP contribution in [-0.4, -0.2) is 6.38 Å². The molecular formula is CH9ClN2. The SMILES string of the molecule is CCl.N.N. The number of rotatable bonds is 0. The first-order chi connectivity index (χ1) is 1.00. The van der Waals surface area contributed by atoms with Gasteiger partial charge in [0.2, 0.25) is 0 Å². The van der Waals surface area contributed by atoms with Gasteiger partial charge in [0, 0.05) is 6.38 Å². The highest BCUT2D eigenvalue weighted by molar-refractivity contribution is 6.15. The van der Waals surface area contributed by atoms with Crippen LogP contribution in [0.3, 0.4) is 0 Å². The van der Waals surface area contributed by atoms with Crippen LogP contribution in [0.5, 0.6) is 0 Å². The minimum atomic E-state index is 0. The Hall–Kier alpha value is 0.210. The molecule has 0 bridgehead atoms. The van der Waals surface area contributed by atoms with Crippen LogP contribution in [0, 0.1) is 0 Å². The molecule has 4 heavy (non-hydrogen) atoms. The van der Waals surface area contributed by atoms with Crippen LogP contribution in [0.15, 0.2) is 0 Å². The molecule has 0 saturated heterocycles. The number of halogens is 1. The van der Waals surface area contributed by atoms with Crippen molar-refractivity contribution in [1.82, 2.24) is 12.3 Å². The van der Waals surface area contributed by atoms with Gasteiger partial charge in [-0.05, 0) is 0 Å². The molecule has 0 aromatic carbocycles. The Morgan fingerprint density at radius 2 is 1.00 bits per heavy atom. The van der Waals surface area contributed by atoms with Gasteiger partial charge in [0.15, 0.2) is 0 Å². The third-order valence-electron chi connectivity index (χ3n) is 0. The Labute approximate surface area is 31.3 Å². The maximum Gasteiger partial charge on any atom is 0.0108 e. The van der Waals surface area contributed by atoms with Gasteiger partial charge in [0.1, 0.15) is 0 Å². The summed E-state index contributed by atoms with van der Waals surface area (Å²) in [4.78, 5) is 0. The van der Waals surface area contributed by atoms with E-state index in [0.29, 0.717) is 0 Å². The molecule has 0 radical (unpaired) electrons. The fourth-order valence-electron chi connectivity index (χ4n) is 0. The second-order valence-electron chi connectivity index (χ2n) is 0. The van der Waals surface area contributed by atoms with Crippen molar-refractivity contribution in [2.75, 3.05) is 6.38 Å². The van der Waals surface area contributed by atoms with Crippen molar-refractivity contribution in [3.63, 3.8) is 0 Å². The van der Waals surface area contributed by atoms with Gasteiger partial charge >= 0.3 is 0 Å². The molecule has 0 aliphatic heterocycles. The summed E-state index contributed by atoms with van der Waals surface area (Å²) in [7, 11) is 0. The van der Waals surface area contributed by atoms with Crippen molar-refractivity contribution in [1.29, 1.82) is 0 Å². The van der Waals surface area contributed by atoms with Crippen LogP contribution in [0.4, 0.5) is 0 Å². The minimum Gasteiger partial charge on any atom is -0.344 e. The summed E-state index contributed by atoms with van der Waals surface area (Å²) < 4.78 is 0. The fraction of sp³-hybridized carbons (Fsp3) is 1.00. The van der Waals surface area contributed by atoms with E-state index in [1.165, 1.54) is 6.38 Å². The summed E-state index contributed by atoms with van der Waals surface area (Å²) in [6.07, 6.45) is 1.47. The van der Waals surface area contributed by atoms with Crippen LogP contribution in [0.25, 0.3) is 0 Å². The van der Waals surface area contributed by atoms with E-state index in [2.05, 4.69) is 11.6 Å². The minimum absolute atomic E-state index is 0. The Morgan fingerprint density at radius 3 is 1.00 bits per heavy atom. The molecule has 0 rings (SSSR count). The predicted octanol–water partition coefficient (Wildman–Crippen LogP) is 1.18. The molecule has 0 aromatic heterocycles. The number of hydrogen-bond donors (Lipinski definition) is 2. The lowest BCUT2D eigenvalue weighted by Gasteiger charge is -1.06. The van der Waals surface area contributed by atoms with Gasteiger partial charge in [-0.15, -0.1) is 11.6 Å². The summed E-state index contributed by atoms with van der Waals surface area (Å²) in [5, 5.41) is 0. The first-order valence-corrected chi connectivity index (χ1v) is 1.13. The normalized spacial score (nSPS) is 1.50. The standard InChI is InChI=1S/CH3Cl.2H3N/c1-2;;/h1H3;2*1H3. The number of hydrogen-bond acceptors (Lipinski definition) is 2. The average molecular weight is 84.6 g/mol. The maximum absolute atomic E-state index is 4.64. The highest BCUT2D eigenvalue weighted by Gasteiger charge is 0.943. The third kappa shape index (κ3) is 73.4. The smallest absolute Gasteiger partial charge is 0.0108 e. The van der Waals surface area contributed by atoms with Gasteiger partial charge in [0.25, 0.3) is 0 Å². The molecule has 0 aliphatic carbocycles. The van der Waals surface area contributed by atoms with Gasteiger partial charge in [-0.3, -0.25) is 0 Å². The zero-order valence-corrected chi connectivity index (χ0v) is 3.55. The van der Waals surface area contributed by atoms with E-state index in [1.807, 2.05) is 0 Å². The molecule has 30 valence electrons. The highest BCUT2D eigenvalue weighted by Crippen LogP contribution is 1.34. The molecule has 0 aliphatic rings. The Morgan fingerprint density at radius 1 is 1.00 bits per heavy atom. The lowest BCUT2D eigenvalue weighted by atomic mass is 12.0. The van der Waals surface area contributed by atoms with E-state index in [-0.39, 0.29) is 12.3 Å². The van der Waals surface area contributed by atoms with Gasteiger partial charge in [-0.2, -0.15) is 0 Å². The topological polar surface area (TPSA) is 70.0 Å². The van der Waals surface area contributed by atoms with Crippen molar-refractivity contribution in [2.45, 2.75) is 0 Å². The maximum atomic E-state index is 4.64. The third-order valence-corrected chi connectivity index (χ3v) is 0. The van der Waals surface area contributed by atoms with E-state index in [9.17, 15) is 0 Å². The highest BCUT2D eigenvalue weighted by atomic mass is 35.5. The molecule has 0 spiro atoms. The molecule has 0 saturated carbocycles. The average Bonchev–Trinajstić information content (AvgIpc) is 1.00. The van der Waals surface area contributed by atoms with E-state index in [1.54, 1.807) is 0 Å². The van der Waals surface area contributed by atoms with Crippen LogP contribution < -0.4 is 12.3 Å². The van der Waals surface area contributed by atoms with Crippen LogP contribution in [0.1, 0.15) is 0 Å². The first kappa shape index (κ1) is 29.6. The van der Waals surface area contributed by atoms with Gasteiger partial charge in [0.05, 0.1) is 0 Å². The lowest BCUT2D eigenvalue weighted by molar-refractivity contribution is 2.13. The van der Waals surface area contributed by atoms with Crippen LogP contribution >= 0.6 is 11.6 Å². The molecule has 0 heterocycles. The first-order valence-electron chi connectivity index (χ1n) is 0.378. The molecule has 2 nitrogen and oxygen atoms in total. The van der Waals surface area contributed by atoms with Crippen LogP contribution in [0.2, 0.25) is 0 Å². The molecule has 0 fully saturated rings. The summed E-state index contributed by atoms with van der Waals surface area (Å²) in [6.45, 7) is 0. The lowest BCUT2D eigenvalue weighted by Crippen LogP contribution is -0.852. The molecule has 0 atom stereocenters. The summed E-state index contributed by atoms with van der Waals surface area (Å²) in [5.41, 5.74) is 0. The quantitative estimate of drug-likeness (QED) is 0.433. The number of alkyl halides is 1. The van der Waals surface area contributed by atoms with E-state index >= 15 is 0 Å². The second kappa shape index (κ2) is 356. The molecule has 6 N–H and O–H groups in total.